The maximum atomic E-state index is 11.1. The number of nitrogens with one attached hydrogen (secondary N) is 1. The van der Waals surface area contributed by atoms with Crippen molar-refractivity contribution < 1.29 is 9.21 Å². The van der Waals surface area contributed by atoms with Gasteiger partial charge in [0.1, 0.15) is 5.76 Å². The summed E-state index contributed by atoms with van der Waals surface area (Å²) >= 11 is 5.42. The minimum atomic E-state index is -0.0919. The van der Waals surface area contributed by atoms with Gasteiger partial charge in [0.2, 0.25) is 5.91 Å². The number of rotatable bonds is 4. The van der Waals surface area contributed by atoms with Crippen molar-refractivity contribution >= 4 is 17.5 Å². The summed E-state index contributed by atoms with van der Waals surface area (Å²) in [5.41, 5.74) is 0. The van der Waals surface area contributed by atoms with E-state index in [1.807, 2.05) is 13.0 Å². The van der Waals surface area contributed by atoms with Crippen LogP contribution in [0.4, 0.5) is 0 Å². The van der Waals surface area contributed by atoms with E-state index in [1.54, 1.807) is 12.3 Å². The van der Waals surface area contributed by atoms with Gasteiger partial charge in [0.05, 0.1) is 12.3 Å². The largest absolute Gasteiger partial charge is 0.467 e. The highest BCUT2D eigenvalue weighted by Crippen LogP contribution is 2.11. The van der Waals surface area contributed by atoms with Crippen LogP contribution in [0.3, 0.4) is 0 Å². The van der Waals surface area contributed by atoms with Crippen molar-refractivity contribution in [2.75, 3.05) is 5.88 Å². The van der Waals surface area contributed by atoms with Crippen molar-refractivity contribution in [3.8, 4) is 0 Å². The highest BCUT2D eigenvalue weighted by molar-refractivity contribution is 6.18. The van der Waals surface area contributed by atoms with Gasteiger partial charge in [-0.1, -0.05) is 0 Å². The third-order valence-corrected chi connectivity index (χ3v) is 1.86. The molecule has 0 fully saturated rings. The smallest absolute Gasteiger partial charge is 0.221 e. The second kappa shape index (κ2) is 4.92. The summed E-state index contributed by atoms with van der Waals surface area (Å²) in [7, 11) is 0. The summed E-state index contributed by atoms with van der Waals surface area (Å²) in [6.07, 6.45) is 1.92. The monoisotopic (exact) mass is 201 g/mol. The van der Waals surface area contributed by atoms with E-state index < -0.39 is 0 Å². The fourth-order valence-corrected chi connectivity index (χ4v) is 1.18. The average molecular weight is 202 g/mol. The Hall–Kier alpha value is -0.960. The number of amides is 1. The number of hydrogen-bond acceptors (Lipinski definition) is 2. The Morgan fingerprint density at radius 1 is 1.77 bits per heavy atom. The molecule has 0 spiro atoms. The molecule has 0 aliphatic carbocycles. The summed E-state index contributed by atoms with van der Waals surface area (Å²) in [6, 6.07) is 3.52. The van der Waals surface area contributed by atoms with Crippen LogP contribution in [0.2, 0.25) is 0 Å². The Morgan fingerprint density at radius 3 is 3.08 bits per heavy atom. The van der Waals surface area contributed by atoms with Crippen LogP contribution < -0.4 is 5.32 Å². The maximum Gasteiger partial charge on any atom is 0.221 e. The zero-order valence-electron chi connectivity index (χ0n) is 7.42. The third kappa shape index (κ3) is 3.11. The molecule has 0 aliphatic heterocycles. The zero-order chi connectivity index (χ0) is 9.68. The molecular weight excluding hydrogens is 190 g/mol. The average Bonchev–Trinajstić information content (AvgIpc) is 2.55. The molecule has 1 N–H and O–H groups in total. The van der Waals surface area contributed by atoms with Gasteiger partial charge in [-0.25, -0.2) is 0 Å². The Labute approximate surface area is 82.1 Å². The number of carbonyl (C=O) groups is 1. The number of alkyl halides is 1. The fraction of sp³-hybridized carbons (Fsp3) is 0.444. The van der Waals surface area contributed by atoms with Gasteiger partial charge < -0.3 is 9.73 Å². The highest BCUT2D eigenvalue weighted by Gasteiger charge is 2.10. The van der Waals surface area contributed by atoms with E-state index in [9.17, 15) is 4.79 Å². The molecule has 1 aromatic rings. The molecule has 0 bridgehead atoms. The molecule has 1 heterocycles. The molecule has 72 valence electrons. The van der Waals surface area contributed by atoms with Gasteiger partial charge in [-0.3, -0.25) is 4.79 Å². The number of halogens is 1. The molecule has 1 atom stereocenters. The normalized spacial score (nSPS) is 12.5. The molecule has 0 saturated carbocycles. The molecule has 0 radical (unpaired) electrons. The molecule has 0 aliphatic rings. The maximum absolute atomic E-state index is 11.1. The molecule has 0 unspecified atom stereocenters. The van der Waals surface area contributed by atoms with Crippen LogP contribution in [-0.4, -0.2) is 11.8 Å². The molecule has 1 aromatic heterocycles. The molecule has 4 heteroatoms. The van der Waals surface area contributed by atoms with E-state index in [1.165, 1.54) is 0 Å². The summed E-state index contributed by atoms with van der Waals surface area (Å²) in [4.78, 5) is 11.1. The van der Waals surface area contributed by atoms with Crippen LogP contribution in [0.1, 0.15) is 25.1 Å². The van der Waals surface area contributed by atoms with Gasteiger partial charge in [-0.2, -0.15) is 0 Å². The molecule has 1 rings (SSSR count). The van der Waals surface area contributed by atoms with E-state index in [0.717, 1.165) is 5.76 Å². The Kier molecular flexibility index (Phi) is 3.83. The molecule has 0 aromatic carbocycles. The fourth-order valence-electron chi connectivity index (χ4n) is 1.01. The minimum Gasteiger partial charge on any atom is -0.467 e. The summed E-state index contributed by atoms with van der Waals surface area (Å²) in [5.74, 6) is 1.04. The molecule has 3 nitrogen and oxygen atoms in total. The van der Waals surface area contributed by atoms with Crippen LogP contribution in [-0.2, 0) is 4.79 Å². The van der Waals surface area contributed by atoms with Crippen LogP contribution in [0.25, 0.3) is 0 Å². The number of hydrogen-bond donors (Lipinski definition) is 1. The standard InChI is InChI=1S/C9H12ClNO2/c1-7(8-3-2-6-13-8)11-9(12)4-5-10/h2-3,6-7H,4-5H2,1H3,(H,11,12)/t7-/m0/s1. The lowest BCUT2D eigenvalue weighted by molar-refractivity contribution is -0.121. The van der Waals surface area contributed by atoms with Crippen molar-refractivity contribution in [2.24, 2.45) is 0 Å². The van der Waals surface area contributed by atoms with E-state index in [4.69, 9.17) is 16.0 Å². The zero-order valence-corrected chi connectivity index (χ0v) is 8.17. The van der Waals surface area contributed by atoms with Gasteiger partial charge in [0.15, 0.2) is 0 Å². The Balaban J connectivity index is 2.42. The molecule has 1 amide bonds. The van der Waals surface area contributed by atoms with Crippen LogP contribution in [0, 0.1) is 0 Å². The quantitative estimate of drug-likeness (QED) is 0.758. The SMILES string of the molecule is C[C@H](NC(=O)CCCl)c1ccco1. The topological polar surface area (TPSA) is 42.2 Å². The predicted molar refractivity (Wildman–Crippen MR) is 50.6 cm³/mol. The second-order valence-electron chi connectivity index (χ2n) is 2.74. The molecular formula is C9H12ClNO2. The predicted octanol–water partition coefficient (Wildman–Crippen LogP) is 2.09. The Morgan fingerprint density at radius 2 is 2.54 bits per heavy atom. The first-order valence-electron chi connectivity index (χ1n) is 4.12. The second-order valence-corrected chi connectivity index (χ2v) is 3.12. The van der Waals surface area contributed by atoms with Gasteiger partial charge in [-0.05, 0) is 19.1 Å². The van der Waals surface area contributed by atoms with Crippen molar-refractivity contribution in [1.82, 2.24) is 5.32 Å². The van der Waals surface area contributed by atoms with E-state index in [-0.39, 0.29) is 11.9 Å². The third-order valence-electron chi connectivity index (χ3n) is 1.67. The lowest BCUT2D eigenvalue weighted by atomic mass is 10.2. The molecule has 13 heavy (non-hydrogen) atoms. The number of carbonyl (C=O) groups excluding carboxylic acids is 1. The van der Waals surface area contributed by atoms with Crippen molar-refractivity contribution in [2.45, 2.75) is 19.4 Å². The highest BCUT2D eigenvalue weighted by atomic mass is 35.5. The number of furan rings is 1. The van der Waals surface area contributed by atoms with Crippen LogP contribution in [0.5, 0.6) is 0 Å². The van der Waals surface area contributed by atoms with Crippen molar-refractivity contribution in [3.63, 3.8) is 0 Å². The first-order chi connectivity index (χ1) is 6.24. The van der Waals surface area contributed by atoms with E-state index in [2.05, 4.69) is 5.32 Å². The van der Waals surface area contributed by atoms with Crippen molar-refractivity contribution in [1.29, 1.82) is 0 Å². The van der Waals surface area contributed by atoms with E-state index >= 15 is 0 Å². The Bertz CT molecular complexity index is 259. The minimum absolute atomic E-state index is 0.0566. The first-order valence-corrected chi connectivity index (χ1v) is 4.66. The first kappa shape index (κ1) is 10.1. The van der Waals surface area contributed by atoms with Gasteiger partial charge in [-0.15, -0.1) is 11.6 Å². The van der Waals surface area contributed by atoms with Gasteiger partial charge in [0, 0.05) is 12.3 Å². The lowest BCUT2D eigenvalue weighted by Gasteiger charge is -2.10. The van der Waals surface area contributed by atoms with Crippen LogP contribution >= 0.6 is 11.6 Å². The molecule has 0 saturated heterocycles. The van der Waals surface area contributed by atoms with Gasteiger partial charge in [0.25, 0.3) is 0 Å². The van der Waals surface area contributed by atoms with Gasteiger partial charge >= 0.3 is 0 Å². The van der Waals surface area contributed by atoms with Crippen LogP contribution in [0.15, 0.2) is 22.8 Å². The van der Waals surface area contributed by atoms with E-state index in [0.29, 0.717) is 12.3 Å². The summed E-state index contributed by atoms with van der Waals surface area (Å²) in [6.45, 7) is 1.87. The summed E-state index contributed by atoms with van der Waals surface area (Å²) in [5, 5.41) is 2.77. The summed E-state index contributed by atoms with van der Waals surface area (Å²) < 4.78 is 5.13. The van der Waals surface area contributed by atoms with Crippen molar-refractivity contribution in [3.05, 3.63) is 24.2 Å². The lowest BCUT2D eigenvalue weighted by Crippen LogP contribution is -2.26.